The van der Waals surface area contributed by atoms with Gasteiger partial charge in [-0.3, -0.25) is 0 Å². The molecular weight excluding hydrogens is 275 g/mol. The molecule has 1 aromatic carbocycles. The van der Waals surface area contributed by atoms with Crippen LogP contribution in [0.4, 0.5) is 10.5 Å². The van der Waals surface area contributed by atoms with Crippen LogP contribution in [0.15, 0.2) is 18.2 Å². The maximum atomic E-state index is 11.7. The molecule has 1 aliphatic heterocycles. The normalized spacial score (nSPS) is 18.7. The summed E-state index contributed by atoms with van der Waals surface area (Å²) in [6.45, 7) is 1.28. The van der Waals surface area contributed by atoms with Gasteiger partial charge in [0.15, 0.2) is 0 Å². The number of urea groups is 1. The van der Waals surface area contributed by atoms with Crippen LogP contribution in [-0.4, -0.2) is 25.3 Å². The van der Waals surface area contributed by atoms with E-state index in [0.29, 0.717) is 22.3 Å². The fourth-order valence-corrected chi connectivity index (χ4v) is 2.11. The lowest BCUT2D eigenvalue weighted by molar-refractivity contribution is 0.112. The minimum Gasteiger partial charge on any atom is -0.376 e. The SMILES string of the molecule is O=C(NC[C@@H]1CCCO1)Nc1cc(Cl)ccc1Cl. The number of amides is 2. The van der Waals surface area contributed by atoms with Crippen LogP contribution < -0.4 is 10.6 Å². The van der Waals surface area contributed by atoms with E-state index in [1.807, 2.05) is 0 Å². The molecule has 0 radical (unpaired) electrons. The number of halogens is 2. The molecule has 0 aliphatic carbocycles. The Hall–Kier alpha value is -0.970. The van der Waals surface area contributed by atoms with Crippen molar-refractivity contribution in [2.75, 3.05) is 18.5 Å². The number of carbonyl (C=O) groups is 1. The van der Waals surface area contributed by atoms with E-state index in [1.165, 1.54) is 0 Å². The fourth-order valence-electron chi connectivity index (χ4n) is 1.77. The zero-order chi connectivity index (χ0) is 13.0. The molecule has 1 aliphatic rings. The van der Waals surface area contributed by atoms with Crippen molar-refractivity contribution < 1.29 is 9.53 Å². The van der Waals surface area contributed by atoms with Gasteiger partial charge in [0.2, 0.25) is 0 Å². The first-order chi connectivity index (χ1) is 8.65. The summed E-state index contributed by atoms with van der Waals surface area (Å²) in [5, 5.41) is 6.37. The third-order valence-electron chi connectivity index (χ3n) is 2.69. The highest BCUT2D eigenvalue weighted by molar-refractivity contribution is 6.35. The molecular formula is C12H14Cl2N2O2. The van der Waals surface area contributed by atoms with E-state index in [4.69, 9.17) is 27.9 Å². The first-order valence-electron chi connectivity index (χ1n) is 5.76. The molecule has 1 aromatic rings. The van der Waals surface area contributed by atoms with Crippen molar-refractivity contribution in [3.63, 3.8) is 0 Å². The van der Waals surface area contributed by atoms with Crippen molar-refractivity contribution >= 4 is 34.9 Å². The quantitative estimate of drug-likeness (QED) is 0.897. The van der Waals surface area contributed by atoms with Crippen LogP contribution in [0, 0.1) is 0 Å². The van der Waals surface area contributed by atoms with E-state index in [2.05, 4.69) is 10.6 Å². The molecule has 0 aromatic heterocycles. The summed E-state index contributed by atoms with van der Waals surface area (Å²) >= 11 is 11.8. The van der Waals surface area contributed by atoms with Crippen LogP contribution in [-0.2, 0) is 4.74 Å². The molecule has 1 heterocycles. The molecule has 1 atom stereocenters. The summed E-state index contributed by atoms with van der Waals surface area (Å²) in [4.78, 5) is 11.7. The predicted octanol–water partition coefficient (Wildman–Crippen LogP) is 3.29. The van der Waals surface area contributed by atoms with Gasteiger partial charge < -0.3 is 15.4 Å². The molecule has 0 bridgehead atoms. The van der Waals surface area contributed by atoms with Crippen LogP contribution in [0.1, 0.15) is 12.8 Å². The van der Waals surface area contributed by atoms with E-state index >= 15 is 0 Å². The van der Waals surface area contributed by atoms with Gasteiger partial charge in [0, 0.05) is 18.2 Å². The van der Waals surface area contributed by atoms with Crippen molar-refractivity contribution in [1.82, 2.24) is 5.32 Å². The van der Waals surface area contributed by atoms with Crippen LogP contribution in [0.3, 0.4) is 0 Å². The van der Waals surface area contributed by atoms with Gasteiger partial charge in [-0.15, -0.1) is 0 Å². The molecule has 98 valence electrons. The Morgan fingerprint density at radius 2 is 2.28 bits per heavy atom. The number of hydrogen-bond donors (Lipinski definition) is 2. The Balaban J connectivity index is 1.84. The lowest BCUT2D eigenvalue weighted by Crippen LogP contribution is -2.35. The van der Waals surface area contributed by atoms with Crippen LogP contribution in [0.2, 0.25) is 10.0 Å². The van der Waals surface area contributed by atoms with E-state index in [0.717, 1.165) is 19.4 Å². The first kappa shape index (κ1) is 13.5. The summed E-state index contributed by atoms with van der Waals surface area (Å²) in [6.07, 6.45) is 2.15. The zero-order valence-electron chi connectivity index (χ0n) is 9.71. The molecule has 4 nitrogen and oxygen atoms in total. The number of hydrogen-bond acceptors (Lipinski definition) is 2. The number of benzene rings is 1. The van der Waals surface area contributed by atoms with E-state index in [1.54, 1.807) is 18.2 Å². The second-order valence-corrected chi connectivity index (χ2v) is 4.94. The van der Waals surface area contributed by atoms with Gasteiger partial charge in [0.05, 0.1) is 16.8 Å². The van der Waals surface area contributed by atoms with Crippen LogP contribution in [0.5, 0.6) is 0 Å². The zero-order valence-corrected chi connectivity index (χ0v) is 11.2. The van der Waals surface area contributed by atoms with Gasteiger partial charge in [-0.1, -0.05) is 23.2 Å². The second-order valence-electron chi connectivity index (χ2n) is 4.09. The first-order valence-corrected chi connectivity index (χ1v) is 6.52. The summed E-state index contributed by atoms with van der Waals surface area (Å²) in [5.74, 6) is 0. The molecule has 2 amide bonds. The van der Waals surface area contributed by atoms with Crippen molar-refractivity contribution in [2.45, 2.75) is 18.9 Å². The third-order valence-corrected chi connectivity index (χ3v) is 3.26. The topological polar surface area (TPSA) is 50.4 Å². The van der Waals surface area contributed by atoms with E-state index in [-0.39, 0.29) is 12.1 Å². The van der Waals surface area contributed by atoms with Crippen molar-refractivity contribution in [1.29, 1.82) is 0 Å². The molecule has 2 rings (SSSR count). The lowest BCUT2D eigenvalue weighted by Gasteiger charge is -2.12. The molecule has 0 unspecified atom stereocenters. The Labute approximate surface area is 116 Å². The standard InChI is InChI=1S/C12H14Cl2N2O2/c13-8-3-4-10(14)11(6-8)16-12(17)15-7-9-2-1-5-18-9/h3-4,6,9H,1-2,5,7H2,(H2,15,16,17)/t9-/m0/s1. The van der Waals surface area contributed by atoms with Gasteiger partial charge in [-0.2, -0.15) is 0 Å². The van der Waals surface area contributed by atoms with Crippen LogP contribution >= 0.6 is 23.2 Å². The number of ether oxygens (including phenoxy) is 1. The number of anilines is 1. The Bertz CT molecular complexity index is 434. The largest absolute Gasteiger partial charge is 0.376 e. The van der Waals surface area contributed by atoms with Gasteiger partial charge in [-0.05, 0) is 31.0 Å². The van der Waals surface area contributed by atoms with Gasteiger partial charge in [-0.25, -0.2) is 4.79 Å². The molecule has 0 saturated carbocycles. The molecule has 6 heteroatoms. The van der Waals surface area contributed by atoms with Gasteiger partial charge >= 0.3 is 6.03 Å². The minimum absolute atomic E-state index is 0.116. The molecule has 18 heavy (non-hydrogen) atoms. The predicted molar refractivity (Wildman–Crippen MR) is 72.5 cm³/mol. The van der Waals surface area contributed by atoms with Crippen molar-refractivity contribution in [3.05, 3.63) is 28.2 Å². The average Bonchev–Trinajstić information content (AvgIpc) is 2.84. The second kappa shape index (κ2) is 6.27. The summed E-state index contributed by atoms with van der Waals surface area (Å²) in [7, 11) is 0. The average molecular weight is 289 g/mol. The number of nitrogens with one attached hydrogen (secondary N) is 2. The summed E-state index contributed by atoms with van der Waals surface area (Å²) in [6, 6.07) is 4.60. The fraction of sp³-hybridized carbons (Fsp3) is 0.417. The highest BCUT2D eigenvalue weighted by Crippen LogP contribution is 2.25. The van der Waals surface area contributed by atoms with Crippen molar-refractivity contribution in [2.24, 2.45) is 0 Å². The van der Waals surface area contributed by atoms with Gasteiger partial charge in [0.25, 0.3) is 0 Å². The Kier molecular flexibility index (Phi) is 4.69. The Morgan fingerprint density at radius 3 is 3.00 bits per heavy atom. The van der Waals surface area contributed by atoms with E-state index in [9.17, 15) is 4.79 Å². The molecule has 0 spiro atoms. The molecule has 1 saturated heterocycles. The molecule has 2 N–H and O–H groups in total. The summed E-state index contributed by atoms with van der Waals surface area (Å²) < 4.78 is 5.41. The summed E-state index contributed by atoms with van der Waals surface area (Å²) in [5.41, 5.74) is 0.494. The number of carbonyl (C=O) groups excluding carboxylic acids is 1. The molecule has 1 fully saturated rings. The highest BCUT2D eigenvalue weighted by atomic mass is 35.5. The minimum atomic E-state index is -0.310. The maximum Gasteiger partial charge on any atom is 0.319 e. The van der Waals surface area contributed by atoms with Gasteiger partial charge in [0.1, 0.15) is 0 Å². The smallest absolute Gasteiger partial charge is 0.319 e. The third kappa shape index (κ3) is 3.77. The lowest BCUT2D eigenvalue weighted by atomic mass is 10.2. The monoisotopic (exact) mass is 288 g/mol. The Morgan fingerprint density at radius 1 is 1.44 bits per heavy atom. The van der Waals surface area contributed by atoms with Crippen molar-refractivity contribution in [3.8, 4) is 0 Å². The number of rotatable bonds is 3. The highest BCUT2D eigenvalue weighted by Gasteiger charge is 2.16. The van der Waals surface area contributed by atoms with Crippen LogP contribution in [0.25, 0.3) is 0 Å². The van der Waals surface area contributed by atoms with E-state index < -0.39 is 0 Å². The maximum absolute atomic E-state index is 11.7.